The molecule has 2 heteroatoms. The summed E-state index contributed by atoms with van der Waals surface area (Å²) in [5.41, 5.74) is 0.811. The van der Waals surface area contributed by atoms with Gasteiger partial charge in [-0.05, 0) is 12.5 Å². The molecule has 0 saturated carbocycles. The summed E-state index contributed by atoms with van der Waals surface area (Å²) in [7, 11) is 0. The van der Waals surface area contributed by atoms with Crippen molar-refractivity contribution in [3.63, 3.8) is 0 Å². The monoisotopic (exact) mass is 205 g/mol. The van der Waals surface area contributed by atoms with Crippen LogP contribution in [-0.4, -0.2) is 16.5 Å². The van der Waals surface area contributed by atoms with Crippen LogP contribution >= 0.6 is 0 Å². The van der Waals surface area contributed by atoms with Crippen molar-refractivity contribution in [2.45, 2.75) is 39.2 Å². The van der Waals surface area contributed by atoms with Gasteiger partial charge < -0.3 is 5.21 Å². The Morgan fingerprint density at radius 3 is 2.20 bits per heavy atom. The number of benzene rings is 1. The van der Waals surface area contributed by atoms with Crippen molar-refractivity contribution in [3.8, 4) is 0 Å². The number of hydrogen-bond acceptors (Lipinski definition) is 1. The van der Waals surface area contributed by atoms with Crippen molar-refractivity contribution in [2.75, 3.05) is 0 Å². The van der Waals surface area contributed by atoms with Crippen LogP contribution in [0.1, 0.15) is 39.2 Å². The predicted molar refractivity (Wildman–Crippen MR) is 64.3 cm³/mol. The SMILES string of the molecule is CC(/C=[N+](\[O-])C(C)(C)C)c1ccccc1. The summed E-state index contributed by atoms with van der Waals surface area (Å²) in [6, 6.07) is 10.0. The summed E-state index contributed by atoms with van der Waals surface area (Å²) < 4.78 is 1.03. The van der Waals surface area contributed by atoms with E-state index in [0.29, 0.717) is 0 Å². The van der Waals surface area contributed by atoms with Crippen molar-refractivity contribution in [1.82, 2.24) is 0 Å². The largest absolute Gasteiger partial charge is 0.624 e. The van der Waals surface area contributed by atoms with Crippen LogP contribution in [0.4, 0.5) is 0 Å². The van der Waals surface area contributed by atoms with E-state index in [9.17, 15) is 5.21 Å². The van der Waals surface area contributed by atoms with Gasteiger partial charge in [0.25, 0.3) is 0 Å². The minimum Gasteiger partial charge on any atom is -0.624 e. The van der Waals surface area contributed by atoms with E-state index in [1.54, 1.807) is 6.21 Å². The molecule has 0 aliphatic rings. The molecule has 0 aliphatic carbocycles. The molecule has 0 spiro atoms. The molecule has 1 aromatic rings. The molecule has 0 radical (unpaired) electrons. The van der Waals surface area contributed by atoms with Gasteiger partial charge in [0.05, 0.1) is 5.92 Å². The van der Waals surface area contributed by atoms with Crippen molar-refractivity contribution in [2.24, 2.45) is 0 Å². The Balaban J connectivity index is 2.84. The van der Waals surface area contributed by atoms with Gasteiger partial charge in [0, 0.05) is 20.8 Å². The molecular weight excluding hydrogens is 186 g/mol. The Hall–Kier alpha value is -1.31. The molecule has 15 heavy (non-hydrogen) atoms. The fourth-order valence-corrected chi connectivity index (χ4v) is 1.27. The van der Waals surface area contributed by atoms with Crippen molar-refractivity contribution < 1.29 is 4.74 Å². The molecule has 82 valence electrons. The smallest absolute Gasteiger partial charge is 0.164 e. The van der Waals surface area contributed by atoms with Crippen LogP contribution in [0.25, 0.3) is 0 Å². The lowest BCUT2D eigenvalue weighted by molar-refractivity contribution is -0.532. The van der Waals surface area contributed by atoms with Crippen LogP contribution in [0.5, 0.6) is 0 Å². The molecule has 0 fully saturated rings. The second-order valence-electron chi connectivity index (χ2n) is 4.85. The number of hydroxylamine groups is 1. The molecule has 1 aromatic carbocycles. The van der Waals surface area contributed by atoms with E-state index in [1.165, 1.54) is 5.56 Å². The average Bonchev–Trinajstić information content (AvgIpc) is 2.17. The number of hydrogen-bond donors (Lipinski definition) is 0. The van der Waals surface area contributed by atoms with E-state index >= 15 is 0 Å². The van der Waals surface area contributed by atoms with Crippen LogP contribution in [0.15, 0.2) is 30.3 Å². The summed E-state index contributed by atoms with van der Waals surface area (Å²) in [6.45, 7) is 7.77. The third-order valence-corrected chi connectivity index (χ3v) is 2.35. The van der Waals surface area contributed by atoms with Crippen molar-refractivity contribution >= 4 is 6.21 Å². The van der Waals surface area contributed by atoms with Crippen LogP contribution in [0, 0.1) is 5.21 Å². The van der Waals surface area contributed by atoms with Gasteiger partial charge in [0.15, 0.2) is 11.8 Å². The zero-order valence-electron chi connectivity index (χ0n) is 9.90. The zero-order chi connectivity index (χ0) is 11.5. The van der Waals surface area contributed by atoms with Gasteiger partial charge in [-0.1, -0.05) is 30.3 Å². The molecule has 2 nitrogen and oxygen atoms in total. The fraction of sp³-hybridized carbons (Fsp3) is 0.462. The van der Waals surface area contributed by atoms with Gasteiger partial charge in [0.1, 0.15) is 0 Å². The van der Waals surface area contributed by atoms with E-state index in [4.69, 9.17) is 0 Å². The highest BCUT2D eigenvalue weighted by atomic mass is 16.5. The van der Waals surface area contributed by atoms with Gasteiger partial charge in [-0.25, -0.2) is 4.74 Å². The molecule has 0 aliphatic heterocycles. The summed E-state index contributed by atoms with van der Waals surface area (Å²) in [5.74, 6) is 0.155. The molecule has 0 aromatic heterocycles. The normalized spacial score (nSPS) is 15.1. The molecule has 0 amide bonds. The van der Waals surface area contributed by atoms with Gasteiger partial charge in [0.2, 0.25) is 0 Å². The van der Waals surface area contributed by atoms with Crippen molar-refractivity contribution in [1.29, 1.82) is 0 Å². The maximum atomic E-state index is 11.7. The molecule has 1 unspecified atom stereocenters. The maximum Gasteiger partial charge on any atom is 0.164 e. The summed E-state index contributed by atoms with van der Waals surface area (Å²) in [5, 5.41) is 11.7. The minimum absolute atomic E-state index is 0.155. The summed E-state index contributed by atoms with van der Waals surface area (Å²) >= 11 is 0. The Morgan fingerprint density at radius 2 is 1.73 bits per heavy atom. The highest BCUT2D eigenvalue weighted by Gasteiger charge is 2.19. The third kappa shape index (κ3) is 3.39. The first kappa shape index (κ1) is 11.8. The molecule has 1 atom stereocenters. The van der Waals surface area contributed by atoms with Gasteiger partial charge in [-0.3, -0.25) is 0 Å². The molecule has 0 heterocycles. The second kappa shape index (κ2) is 4.47. The first-order valence-electron chi connectivity index (χ1n) is 5.27. The lowest BCUT2D eigenvalue weighted by atomic mass is 10.0. The third-order valence-electron chi connectivity index (χ3n) is 2.35. The highest BCUT2D eigenvalue weighted by molar-refractivity contribution is 5.62. The molecule has 0 bridgehead atoms. The quantitative estimate of drug-likeness (QED) is 0.315. The zero-order valence-corrected chi connectivity index (χ0v) is 9.90. The molecule has 0 N–H and O–H groups in total. The van der Waals surface area contributed by atoms with Gasteiger partial charge in [-0.2, -0.15) is 0 Å². The van der Waals surface area contributed by atoms with E-state index in [-0.39, 0.29) is 11.5 Å². The lowest BCUT2D eigenvalue weighted by Crippen LogP contribution is -2.30. The van der Waals surface area contributed by atoms with Gasteiger partial charge >= 0.3 is 0 Å². The van der Waals surface area contributed by atoms with E-state index < -0.39 is 0 Å². The number of rotatable bonds is 2. The predicted octanol–water partition coefficient (Wildman–Crippen LogP) is 3.17. The lowest BCUT2D eigenvalue weighted by Gasteiger charge is -2.20. The Labute approximate surface area is 91.8 Å². The summed E-state index contributed by atoms with van der Waals surface area (Å²) in [6.07, 6.45) is 1.73. The average molecular weight is 205 g/mol. The Bertz CT molecular complexity index is 335. The Kier molecular flexibility index (Phi) is 3.51. The summed E-state index contributed by atoms with van der Waals surface area (Å²) in [4.78, 5) is 0. The first-order valence-corrected chi connectivity index (χ1v) is 5.27. The number of nitrogens with zero attached hydrogens (tertiary/aromatic N) is 1. The van der Waals surface area contributed by atoms with E-state index in [1.807, 2.05) is 58.0 Å². The first-order chi connectivity index (χ1) is 6.91. The van der Waals surface area contributed by atoms with Crippen LogP contribution in [0.3, 0.4) is 0 Å². The highest BCUT2D eigenvalue weighted by Crippen LogP contribution is 2.14. The fourth-order valence-electron chi connectivity index (χ4n) is 1.27. The maximum absolute atomic E-state index is 11.7. The molecule has 0 saturated heterocycles. The van der Waals surface area contributed by atoms with E-state index in [0.717, 1.165) is 4.74 Å². The molecule has 1 rings (SSSR count). The van der Waals surface area contributed by atoms with Crippen LogP contribution < -0.4 is 0 Å². The van der Waals surface area contributed by atoms with Gasteiger partial charge in [-0.15, -0.1) is 0 Å². The molecular formula is C13H19NO. The standard InChI is InChI=1S/C13H19NO/c1-11(10-14(15)13(2,3)4)12-8-6-5-7-9-12/h5-11H,1-4H3/b14-10-. The van der Waals surface area contributed by atoms with Crippen molar-refractivity contribution in [3.05, 3.63) is 41.1 Å². The topological polar surface area (TPSA) is 26.1 Å². The van der Waals surface area contributed by atoms with Crippen LogP contribution in [0.2, 0.25) is 0 Å². The Morgan fingerprint density at radius 1 is 1.20 bits per heavy atom. The second-order valence-corrected chi connectivity index (χ2v) is 4.85. The van der Waals surface area contributed by atoms with Crippen LogP contribution in [-0.2, 0) is 0 Å². The minimum atomic E-state index is -0.358. The van der Waals surface area contributed by atoms with E-state index in [2.05, 4.69) is 0 Å².